The molecule has 1 aliphatic rings. The van der Waals surface area contributed by atoms with Crippen LogP contribution in [0.2, 0.25) is 0 Å². The van der Waals surface area contributed by atoms with Crippen molar-refractivity contribution in [2.75, 3.05) is 0 Å². The topological polar surface area (TPSA) is 13.1 Å². The molecule has 2 aromatic rings. The highest BCUT2D eigenvalue weighted by atomic mass is 35.5. The molecule has 0 N–H and O–H groups in total. The van der Waals surface area contributed by atoms with Crippen LogP contribution in [0.1, 0.15) is 49.3 Å². The predicted molar refractivity (Wildman–Crippen MR) is 76.4 cm³/mol. The Hall–Kier alpha value is -0.950. The van der Waals surface area contributed by atoms with E-state index in [4.69, 9.17) is 16.0 Å². The molecule has 0 saturated heterocycles. The Bertz CT molecular complexity index is 543. The Morgan fingerprint density at radius 2 is 2.00 bits per heavy atom. The zero-order chi connectivity index (χ0) is 12.5. The van der Waals surface area contributed by atoms with Crippen molar-refractivity contribution in [3.8, 4) is 0 Å². The molecule has 2 atom stereocenters. The van der Waals surface area contributed by atoms with E-state index in [9.17, 15) is 0 Å². The zero-order valence-electron chi connectivity index (χ0n) is 10.8. The van der Waals surface area contributed by atoms with E-state index >= 15 is 0 Å². The molecule has 96 valence electrons. The standard InChI is InChI=1S/C16H19ClO/c1-11-6-7-15-13(8-11)10-16(18-15)12-4-2-3-5-14(17)9-12/h6-8,10,12,14H,2-5,9H2,1H3. The Morgan fingerprint density at radius 1 is 1.17 bits per heavy atom. The summed E-state index contributed by atoms with van der Waals surface area (Å²) in [6.07, 6.45) is 5.94. The normalized spacial score (nSPS) is 25.2. The van der Waals surface area contributed by atoms with Gasteiger partial charge in [-0.2, -0.15) is 0 Å². The molecule has 0 aliphatic heterocycles. The first-order valence-corrected chi connectivity index (χ1v) is 7.30. The van der Waals surface area contributed by atoms with Gasteiger partial charge in [0.2, 0.25) is 0 Å². The number of fused-ring (bicyclic) bond motifs is 1. The third kappa shape index (κ3) is 2.42. The highest BCUT2D eigenvalue weighted by Crippen LogP contribution is 2.36. The van der Waals surface area contributed by atoms with Crippen LogP contribution in [-0.2, 0) is 0 Å². The summed E-state index contributed by atoms with van der Waals surface area (Å²) in [6.45, 7) is 2.12. The fourth-order valence-corrected chi connectivity index (χ4v) is 3.31. The Balaban J connectivity index is 1.93. The SMILES string of the molecule is Cc1ccc2oc(C3CCCCC(Cl)C3)cc2c1. The molecule has 18 heavy (non-hydrogen) atoms. The molecular formula is C16H19ClO. The van der Waals surface area contributed by atoms with E-state index in [2.05, 4.69) is 31.2 Å². The number of alkyl halides is 1. The van der Waals surface area contributed by atoms with Gasteiger partial charge in [-0.25, -0.2) is 0 Å². The monoisotopic (exact) mass is 262 g/mol. The predicted octanol–water partition coefficient (Wildman–Crippen LogP) is 5.40. The quantitative estimate of drug-likeness (QED) is 0.496. The van der Waals surface area contributed by atoms with Crippen LogP contribution in [0.3, 0.4) is 0 Å². The zero-order valence-corrected chi connectivity index (χ0v) is 11.5. The van der Waals surface area contributed by atoms with Crippen molar-refractivity contribution in [2.45, 2.75) is 50.3 Å². The smallest absolute Gasteiger partial charge is 0.134 e. The average molecular weight is 263 g/mol. The van der Waals surface area contributed by atoms with Gasteiger partial charge in [-0.3, -0.25) is 0 Å². The molecule has 2 heteroatoms. The van der Waals surface area contributed by atoms with Gasteiger partial charge in [0.05, 0.1) is 0 Å². The number of furan rings is 1. The van der Waals surface area contributed by atoms with Crippen molar-refractivity contribution in [3.05, 3.63) is 35.6 Å². The van der Waals surface area contributed by atoms with Crippen LogP contribution >= 0.6 is 11.6 Å². The van der Waals surface area contributed by atoms with E-state index in [0.717, 1.165) is 24.2 Å². The van der Waals surface area contributed by atoms with Gasteiger partial charge in [-0.1, -0.05) is 24.5 Å². The lowest BCUT2D eigenvalue weighted by atomic mass is 9.97. The van der Waals surface area contributed by atoms with Crippen LogP contribution in [0.15, 0.2) is 28.7 Å². The highest BCUT2D eigenvalue weighted by molar-refractivity contribution is 6.20. The molecule has 0 radical (unpaired) electrons. The second-order valence-corrected chi connectivity index (χ2v) is 6.12. The Morgan fingerprint density at radius 3 is 2.89 bits per heavy atom. The average Bonchev–Trinajstić information content (AvgIpc) is 2.63. The van der Waals surface area contributed by atoms with Gasteiger partial charge >= 0.3 is 0 Å². The third-order valence-corrected chi connectivity index (χ3v) is 4.35. The minimum atomic E-state index is 0.312. The summed E-state index contributed by atoms with van der Waals surface area (Å²) in [4.78, 5) is 0. The van der Waals surface area contributed by atoms with Crippen LogP contribution in [-0.4, -0.2) is 5.38 Å². The van der Waals surface area contributed by atoms with Crippen LogP contribution in [0.5, 0.6) is 0 Å². The van der Waals surface area contributed by atoms with Crippen LogP contribution < -0.4 is 0 Å². The molecule has 1 fully saturated rings. The first-order chi connectivity index (χ1) is 8.72. The minimum Gasteiger partial charge on any atom is -0.461 e. The lowest BCUT2D eigenvalue weighted by molar-refractivity contribution is 0.457. The summed E-state index contributed by atoms with van der Waals surface area (Å²) in [5, 5.41) is 1.54. The molecule has 0 spiro atoms. The summed E-state index contributed by atoms with van der Waals surface area (Å²) in [6, 6.07) is 8.58. The van der Waals surface area contributed by atoms with Gasteiger partial charge < -0.3 is 4.42 Å². The van der Waals surface area contributed by atoms with Crippen LogP contribution in [0.4, 0.5) is 0 Å². The summed E-state index contributed by atoms with van der Waals surface area (Å²) in [7, 11) is 0. The summed E-state index contributed by atoms with van der Waals surface area (Å²) in [5.41, 5.74) is 2.29. The molecule has 1 nitrogen and oxygen atoms in total. The van der Waals surface area contributed by atoms with E-state index in [1.807, 2.05) is 0 Å². The molecule has 0 bridgehead atoms. The molecule has 1 saturated carbocycles. The molecule has 1 aliphatic carbocycles. The minimum absolute atomic E-state index is 0.312. The van der Waals surface area contributed by atoms with Gasteiger partial charge in [-0.05, 0) is 44.4 Å². The van der Waals surface area contributed by atoms with Gasteiger partial charge in [-0.15, -0.1) is 11.6 Å². The largest absolute Gasteiger partial charge is 0.461 e. The fourth-order valence-electron chi connectivity index (χ4n) is 2.94. The van der Waals surface area contributed by atoms with Gasteiger partial charge in [0, 0.05) is 16.7 Å². The highest BCUT2D eigenvalue weighted by Gasteiger charge is 2.22. The fraction of sp³-hybridized carbons (Fsp3) is 0.500. The van der Waals surface area contributed by atoms with Gasteiger partial charge in [0.25, 0.3) is 0 Å². The molecule has 2 unspecified atom stereocenters. The number of aryl methyl sites for hydroxylation is 1. The first-order valence-electron chi connectivity index (χ1n) is 6.86. The van der Waals surface area contributed by atoms with Crippen molar-refractivity contribution >= 4 is 22.6 Å². The number of halogens is 1. The first kappa shape index (κ1) is 12.1. The second-order valence-electron chi connectivity index (χ2n) is 5.50. The lowest BCUT2D eigenvalue weighted by Gasteiger charge is -2.12. The van der Waals surface area contributed by atoms with E-state index < -0.39 is 0 Å². The van der Waals surface area contributed by atoms with Crippen molar-refractivity contribution in [3.63, 3.8) is 0 Å². The van der Waals surface area contributed by atoms with Crippen LogP contribution in [0, 0.1) is 6.92 Å². The van der Waals surface area contributed by atoms with Gasteiger partial charge in [0.1, 0.15) is 11.3 Å². The van der Waals surface area contributed by atoms with Gasteiger partial charge in [0.15, 0.2) is 0 Å². The van der Waals surface area contributed by atoms with E-state index in [1.165, 1.54) is 30.2 Å². The van der Waals surface area contributed by atoms with E-state index in [1.54, 1.807) is 0 Å². The second kappa shape index (κ2) is 4.97. The molecule has 1 aromatic heterocycles. The number of benzene rings is 1. The van der Waals surface area contributed by atoms with Crippen molar-refractivity contribution < 1.29 is 4.42 Å². The summed E-state index contributed by atoms with van der Waals surface area (Å²) < 4.78 is 6.01. The molecule has 1 heterocycles. The summed E-state index contributed by atoms with van der Waals surface area (Å²) in [5.74, 6) is 1.63. The van der Waals surface area contributed by atoms with Crippen molar-refractivity contribution in [2.24, 2.45) is 0 Å². The molecule has 3 rings (SSSR count). The maximum absolute atomic E-state index is 6.35. The Labute approximate surface area is 113 Å². The summed E-state index contributed by atoms with van der Waals surface area (Å²) >= 11 is 6.35. The molecule has 1 aromatic carbocycles. The molecule has 0 amide bonds. The Kier molecular flexibility index (Phi) is 3.34. The van der Waals surface area contributed by atoms with E-state index in [0.29, 0.717) is 11.3 Å². The lowest BCUT2D eigenvalue weighted by Crippen LogP contribution is -2.03. The number of hydrogen-bond donors (Lipinski definition) is 0. The maximum Gasteiger partial charge on any atom is 0.134 e. The molecular weight excluding hydrogens is 244 g/mol. The number of hydrogen-bond acceptors (Lipinski definition) is 1. The van der Waals surface area contributed by atoms with Crippen molar-refractivity contribution in [1.82, 2.24) is 0 Å². The van der Waals surface area contributed by atoms with Crippen LogP contribution in [0.25, 0.3) is 11.0 Å². The van der Waals surface area contributed by atoms with E-state index in [-0.39, 0.29) is 0 Å². The number of rotatable bonds is 1. The maximum atomic E-state index is 6.35. The third-order valence-electron chi connectivity index (χ3n) is 3.95. The van der Waals surface area contributed by atoms with Crippen molar-refractivity contribution in [1.29, 1.82) is 0 Å².